The van der Waals surface area contributed by atoms with E-state index in [1.807, 2.05) is 0 Å². The zero-order valence-corrected chi connectivity index (χ0v) is 10.6. The highest BCUT2D eigenvalue weighted by Gasteiger charge is 2.10. The van der Waals surface area contributed by atoms with Crippen LogP contribution in [-0.2, 0) is 9.53 Å². The van der Waals surface area contributed by atoms with Gasteiger partial charge in [0.25, 0.3) is 0 Å². The van der Waals surface area contributed by atoms with Crippen LogP contribution in [0.5, 0.6) is 0 Å². The highest BCUT2D eigenvalue weighted by atomic mass is 35.5. The lowest BCUT2D eigenvalue weighted by Crippen LogP contribution is -2.18. The summed E-state index contributed by atoms with van der Waals surface area (Å²) in [7, 11) is 0. The SMILES string of the molecule is CCOC(=O)CNc1nc(NN)c(Cl)cc1Cl. The number of carbonyl (C=O) groups excluding carboxylic acids is 1. The molecule has 0 saturated heterocycles. The van der Waals surface area contributed by atoms with Gasteiger partial charge in [0.2, 0.25) is 0 Å². The zero-order valence-electron chi connectivity index (χ0n) is 9.09. The van der Waals surface area contributed by atoms with E-state index < -0.39 is 5.97 Å². The van der Waals surface area contributed by atoms with Crippen LogP contribution < -0.4 is 16.6 Å². The van der Waals surface area contributed by atoms with Crippen LogP contribution in [0.4, 0.5) is 11.6 Å². The van der Waals surface area contributed by atoms with Crippen LogP contribution in [0.15, 0.2) is 6.07 Å². The number of nitrogens with zero attached hydrogens (tertiary/aromatic N) is 1. The third-order valence-electron chi connectivity index (χ3n) is 1.77. The lowest BCUT2D eigenvalue weighted by molar-refractivity contribution is -0.140. The molecule has 6 nitrogen and oxygen atoms in total. The molecule has 0 aliphatic heterocycles. The number of hydrogen-bond donors (Lipinski definition) is 3. The lowest BCUT2D eigenvalue weighted by atomic mass is 10.4. The lowest BCUT2D eigenvalue weighted by Gasteiger charge is -2.10. The summed E-state index contributed by atoms with van der Waals surface area (Å²) in [5, 5.41) is 3.31. The van der Waals surface area contributed by atoms with E-state index in [2.05, 4.69) is 15.7 Å². The van der Waals surface area contributed by atoms with E-state index in [1.54, 1.807) is 6.92 Å². The van der Waals surface area contributed by atoms with Crippen molar-refractivity contribution in [2.45, 2.75) is 6.92 Å². The molecular formula is C9H12Cl2N4O2. The van der Waals surface area contributed by atoms with Crippen LogP contribution in [0.25, 0.3) is 0 Å². The quantitative estimate of drug-likeness (QED) is 0.431. The number of esters is 1. The van der Waals surface area contributed by atoms with Crippen molar-refractivity contribution in [1.29, 1.82) is 0 Å². The van der Waals surface area contributed by atoms with Crippen molar-refractivity contribution in [2.75, 3.05) is 23.9 Å². The Hall–Kier alpha value is -1.24. The Bertz CT molecular complexity index is 414. The molecular weight excluding hydrogens is 267 g/mol. The summed E-state index contributed by atoms with van der Waals surface area (Å²) in [6.07, 6.45) is 0. The molecule has 0 atom stereocenters. The molecule has 1 aromatic rings. The fourth-order valence-corrected chi connectivity index (χ4v) is 1.54. The van der Waals surface area contributed by atoms with Gasteiger partial charge in [0, 0.05) is 0 Å². The van der Waals surface area contributed by atoms with Gasteiger partial charge in [-0.25, -0.2) is 10.8 Å². The second-order valence-corrected chi connectivity index (χ2v) is 3.77. The molecule has 17 heavy (non-hydrogen) atoms. The Balaban J connectivity index is 2.74. The summed E-state index contributed by atoms with van der Waals surface area (Å²) in [6.45, 7) is 2.01. The molecule has 0 amide bonds. The van der Waals surface area contributed by atoms with E-state index in [9.17, 15) is 4.79 Å². The Morgan fingerprint density at radius 1 is 1.47 bits per heavy atom. The van der Waals surface area contributed by atoms with Crippen molar-refractivity contribution in [2.24, 2.45) is 5.84 Å². The number of hydrogen-bond acceptors (Lipinski definition) is 6. The number of nitrogens with one attached hydrogen (secondary N) is 2. The smallest absolute Gasteiger partial charge is 0.325 e. The van der Waals surface area contributed by atoms with Gasteiger partial charge in [-0.2, -0.15) is 0 Å². The molecule has 0 spiro atoms. The van der Waals surface area contributed by atoms with Crippen LogP contribution in [0.1, 0.15) is 6.92 Å². The van der Waals surface area contributed by atoms with Gasteiger partial charge < -0.3 is 15.5 Å². The van der Waals surface area contributed by atoms with Crippen LogP contribution in [-0.4, -0.2) is 24.1 Å². The molecule has 1 aromatic heterocycles. The molecule has 0 unspecified atom stereocenters. The maximum atomic E-state index is 11.1. The van der Waals surface area contributed by atoms with Gasteiger partial charge in [-0.1, -0.05) is 23.2 Å². The number of aromatic nitrogens is 1. The highest BCUT2D eigenvalue weighted by Crippen LogP contribution is 2.28. The number of pyridine rings is 1. The van der Waals surface area contributed by atoms with Crippen molar-refractivity contribution in [1.82, 2.24) is 4.98 Å². The minimum atomic E-state index is -0.400. The van der Waals surface area contributed by atoms with Crippen molar-refractivity contribution >= 4 is 40.8 Å². The normalized spacial score (nSPS) is 9.88. The number of hydrazine groups is 1. The summed E-state index contributed by atoms with van der Waals surface area (Å²) in [6, 6.07) is 1.47. The summed E-state index contributed by atoms with van der Waals surface area (Å²) in [4.78, 5) is 15.1. The highest BCUT2D eigenvalue weighted by molar-refractivity contribution is 6.37. The number of nitrogens with two attached hydrogens (primary N) is 1. The van der Waals surface area contributed by atoms with E-state index in [1.165, 1.54) is 6.07 Å². The number of rotatable bonds is 5. The van der Waals surface area contributed by atoms with Crippen molar-refractivity contribution < 1.29 is 9.53 Å². The number of anilines is 2. The van der Waals surface area contributed by atoms with Crippen molar-refractivity contribution in [3.63, 3.8) is 0 Å². The molecule has 0 bridgehead atoms. The Morgan fingerprint density at radius 3 is 2.71 bits per heavy atom. The summed E-state index contributed by atoms with van der Waals surface area (Å²) in [5.74, 6) is 5.38. The zero-order chi connectivity index (χ0) is 12.8. The number of carbonyl (C=O) groups is 1. The average Bonchev–Trinajstić information content (AvgIpc) is 2.28. The average molecular weight is 279 g/mol. The minimum Gasteiger partial charge on any atom is -0.465 e. The van der Waals surface area contributed by atoms with E-state index in [-0.39, 0.29) is 12.4 Å². The first-order valence-corrected chi connectivity index (χ1v) is 5.56. The Labute approximate surface area is 108 Å². The first kappa shape index (κ1) is 13.8. The predicted molar refractivity (Wildman–Crippen MR) is 67.2 cm³/mol. The number of ether oxygens (including phenoxy) is 1. The molecule has 4 N–H and O–H groups in total. The molecule has 1 rings (SSSR count). The molecule has 0 aliphatic carbocycles. The molecule has 0 aromatic carbocycles. The largest absolute Gasteiger partial charge is 0.465 e. The number of halogens is 2. The fraction of sp³-hybridized carbons (Fsp3) is 0.333. The Kier molecular flexibility index (Phi) is 5.27. The molecule has 0 saturated carbocycles. The molecule has 1 heterocycles. The van der Waals surface area contributed by atoms with Gasteiger partial charge in [-0.15, -0.1) is 0 Å². The second-order valence-electron chi connectivity index (χ2n) is 2.95. The summed E-state index contributed by atoms with van der Waals surface area (Å²) >= 11 is 11.7. The predicted octanol–water partition coefficient (Wildman–Crippen LogP) is 1.65. The first-order chi connectivity index (χ1) is 8.08. The topological polar surface area (TPSA) is 89.3 Å². The molecule has 8 heteroatoms. The van der Waals surface area contributed by atoms with Gasteiger partial charge in [0.05, 0.1) is 16.7 Å². The maximum absolute atomic E-state index is 11.1. The monoisotopic (exact) mass is 278 g/mol. The van der Waals surface area contributed by atoms with E-state index in [0.29, 0.717) is 22.5 Å². The van der Waals surface area contributed by atoms with E-state index in [0.717, 1.165) is 0 Å². The Morgan fingerprint density at radius 2 is 2.12 bits per heavy atom. The third-order valence-corrected chi connectivity index (χ3v) is 2.35. The first-order valence-electron chi connectivity index (χ1n) is 4.80. The van der Waals surface area contributed by atoms with Crippen LogP contribution in [0.3, 0.4) is 0 Å². The second kappa shape index (κ2) is 6.48. The van der Waals surface area contributed by atoms with E-state index in [4.69, 9.17) is 33.8 Å². The standard InChI is InChI=1S/C9H12Cl2N4O2/c1-2-17-7(16)4-13-8-5(10)3-6(11)9(14-8)15-12/h3H,2,4,12H2,1H3,(H2,13,14,15). The van der Waals surface area contributed by atoms with Gasteiger partial charge >= 0.3 is 5.97 Å². The molecule has 0 radical (unpaired) electrons. The van der Waals surface area contributed by atoms with Crippen LogP contribution in [0.2, 0.25) is 10.0 Å². The van der Waals surface area contributed by atoms with Crippen LogP contribution >= 0.6 is 23.2 Å². The third kappa shape index (κ3) is 3.92. The molecule has 0 fully saturated rings. The summed E-state index contributed by atoms with van der Waals surface area (Å²) < 4.78 is 4.75. The molecule has 94 valence electrons. The van der Waals surface area contributed by atoms with Gasteiger partial charge in [0.1, 0.15) is 12.4 Å². The fourth-order valence-electron chi connectivity index (χ4n) is 1.06. The number of nitrogen functional groups attached to an aromatic ring is 1. The van der Waals surface area contributed by atoms with Gasteiger partial charge in [0.15, 0.2) is 5.82 Å². The van der Waals surface area contributed by atoms with Crippen molar-refractivity contribution in [3.05, 3.63) is 16.1 Å². The van der Waals surface area contributed by atoms with Gasteiger partial charge in [-0.3, -0.25) is 4.79 Å². The van der Waals surface area contributed by atoms with Crippen molar-refractivity contribution in [3.8, 4) is 0 Å². The minimum absolute atomic E-state index is 0.0355. The summed E-state index contributed by atoms with van der Waals surface area (Å²) in [5.41, 5.74) is 2.32. The van der Waals surface area contributed by atoms with E-state index >= 15 is 0 Å². The van der Waals surface area contributed by atoms with Gasteiger partial charge in [-0.05, 0) is 13.0 Å². The van der Waals surface area contributed by atoms with Crippen LogP contribution in [0, 0.1) is 0 Å². The molecule has 0 aliphatic rings. The maximum Gasteiger partial charge on any atom is 0.325 e.